The molecule has 22 heavy (non-hydrogen) atoms. The van der Waals surface area contributed by atoms with E-state index in [0.29, 0.717) is 5.90 Å². The van der Waals surface area contributed by atoms with Crippen LogP contribution in [0.15, 0.2) is 64.2 Å². The van der Waals surface area contributed by atoms with Gasteiger partial charge in [0.15, 0.2) is 0 Å². The van der Waals surface area contributed by atoms with E-state index in [4.69, 9.17) is 4.74 Å². The van der Waals surface area contributed by atoms with Gasteiger partial charge in [-0.2, -0.15) is 5.01 Å². The van der Waals surface area contributed by atoms with Crippen molar-refractivity contribution in [3.8, 4) is 0 Å². The summed E-state index contributed by atoms with van der Waals surface area (Å²) in [4.78, 5) is 12.0. The third-order valence-electron chi connectivity index (χ3n) is 3.59. The van der Waals surface area contributed by atoms with E-state index >= 15 is 0 Å². The summed E-state index contributed by atoms with van der Waals surface area (Å²) in [5.74, 6) is 0.276. The Morgan fingerprint density at radius 1 is 1.14 bits per heavy atom. The van der Waals surface area contributed by atoms with Crippen molar-refractivity contribution in [1.82, 2.24) is 5.01 Å². The highest BCUT2D eigenvalue weighted by Gasteiger charge is 2.44. The van der Waals surface area contributed by atoms with E-state index in [1.54, 1.807) is 0 Å². The summed E-state index contributed by atoms with van der Waals surface area (Å²) in [6, 6.07) is 17.2. The number of carbonyl (C=O) groups is 1. The van der Waals surface area contributed by atoms with Crippen LogP contribution in [0.1, 0.15) is 25.0 Å². The van der Waals surface area contributed by atoms with Gasteiger partial charge >= 0.3 is 0 Å². The number of benzene rings is 2. The Kier molecular flexibility index (Phi) is 3.74. The summed E-state index contributed by atoms with van der Waals surface area (Å²) in [7, 11) is 0. The van der Waals surface area contributed by atoms with E-state index in [2.05, 4.69) is 21.0 Å². The van der Waals surface area contributed by atoms with Gasteiger partial charge < -0.3 is 4.74 Å². The molecule has 0 aromatic heterocycles. The fraction of sp³-hybridized carbons (Fsp3) is 0.176. The molecule has 0 spiro atoms. The number of hydrogen-bond donors (Lipinski definition) is 0. The van der Waals surface area contributed by atoms with Crippen LogP contribution in [0.4, 0.5) is 0 Å². The Morgan fingerprint density at radius 2 is 1.77 bits per heavy atom. The number of rotatable bonds is 2. The van der Waals surface area contributed by atoms with Crippen molar-refractivity contribution in [2.45, 2.75) is 19.6 Å². The molecule has 0 fully saturated rings. The van der Waals surface area contributed by atoms with Crippen LogP contribution in [0.3, 0.4) is 0 Å². The summed E-state index contributed by atoms with van der Waals surface area (Å²) in [6.45, 7) is 3.33. The molecule has 2 aromatic rings. The highest BCUT2D eigenvalue weighted by Crippen LogP contribution is 2.36. The summed E-state index contributed by atoms with van der Waals surface area (Å²) >= 11 is 3.41. The van der Waals surface area contributed by atoms with Gasteiger partial charge in [-0.25, -0.2) is 0 Å². The number of amides is 1. The second-order valence-corrected chi connectivity index (χ2v) is 6.11. The minimum Gasteiger partial charge on any atom is -0.443 e. The minimum absolute atomic E-state index is 0.170. The Morgan fingerprint density at radius 3 is 2.36 bits per heavy atom. The fourth-order valence-corrected chi connectivity index (χ4v) is 2.71. The number of hydrogen-bond acceptors (Lipinski definition) is 3. The van der Waals surface area contributed by atoms with Crippen molar-refractivity contribution in [1.29, 1.82) is 0 Å². The van der Waals surface area contributed by atoms with Crippen molar-refractivity contribution >= 4 is 27.7 Å². The predicted octanol–water partition coefficient (Wildman–Crippen LogP) is 3.86. The lowest BCUT2D eigenvalue weighted by atomic mass is 10.0. The third-order valence-corrected chi connectivity index (χ3v) is 4.12. The largest absolute Gasteiger partial charge is 0.443 e. The Balaban J connectivity index is 2.02. The number of hydrazone groups is 1. The Hall–Kier alpha value is -2.14. The smallest absolute Gasteiger partial charge is 0.243 e. The van der Waals surface area contributed by atoms with Crippen molar-refractivity contribution in [3.63, 3.8) is 0 Å². The fourth-order valence-electron chi connectivity index (χ4n) is 2.45. The molecule has 1 amide bonds. The average molecular weight is 359 g/mol. The molecule has 1 atom stereocenters. The van der Waals surface area contributed by atoms with E-state index < -0.39 is 5.72 Å². The van der Waals surface area contributed by atoms with Crippen LogP contribution >= 0.6 is 15.9 Å². The first-order valence-corrected chi connectivity index (χ1v) is 7.70. The third kappa shape index (κ3) is 2.52. The quantitative estimate of drug-likeness (QED) is 0.817. The van der Waals surface area contributed by atoms with E-state index in [-0.39, 0.29) is 5.91 Å². The topological polar surface area (TPSA) is 41.9 Å². The van der Waals surface area contributed by atoms with E-state index in [1.165, 1.54) is 11.9 Å². The molecule has 1 aliphatic heterocycles. The van der Waals surface area contributed by atoms with Gasteiger partial charge in [0.1, 0.15) is 0 Å². The first-order valence-electron chi connectivity index (χ1n) is 6.90. The standard InChI is InChI=1S/C17H15BrN2O2/c1-12(21)20-17(2,14-8-10-15(18)11-9-14)22-16(19-20)13-6-4-3-5-7-13/h3-11H,1-2H3/t17-/m1/s1. The molecule has 2 aromatic carbocycles. The predicted molar refractivity (Wildman–Crippen MR) is 88.1 cm³/mol. The second-order valence-electron chi connectivity index (χ2n) is 5.19. The molecule has 0 aliphatic carbocycles. The molecule has 0 saturated carbocycles. The maximum Gasteiger partial charge on any atom is 0.243 e. The molecular formula is C17H15BrN2O2. The number of ether oxygens (including phenoxy) is 1. The first-order chi connectivity index (χ1) is 10.5. The van der Waals surface area contributed by atoms with Gasteiger partial charge in [0, 0.05) is 29.4 Å². The monoisotopic (exact) mass is 358 g/mol. The van der Waals surface area contributed by atoms with Crippen molar-refractivity contribution in [2.24, 2.45) is 5.10 Å². The molecular weight excluding hydrogens is 344 g/mol. The lowest BCUT2D eigenvalue weighted by Gasteiger charge is -2.31. The maximum atomic E-state index is 12.0. The lowest BCUT2D eigenvalue weighted by molar-refractivity contribution is -0.146. The summed E-state index contributed by atoms with van der Waals surface area (Å²) in [5, 5.41) is 5.76. The molecule has 4 nitrogen and oxygen atoms in total. The second kappa shape index (κ2) is 5.57. The van der Waals surface area contributed by atoms with Gasteiger partial charge in [-0.1, -0.05) is 46.3 Å². The molecule has 1 aliphatic rings. The number of carbonyl (C=O) groups excluding carboxylic acids is 1. The highest BCUT2D eigenvalue weighted by atomic mass is 79.9. The van der Waals surface area contributed by atoms with Gasteiger partial charge in [0.05, 0.1) is 0 Å². The summed E-state index contributed by atoms with van der Waals surface area (Å²) in [6.07, 6.45) is 0. The molecule has 0 saturated heterocycles. The van der Waals surface area contributed by atoms with Gasteiger partial charge in [-0.3, -0.25) is 4.79 Å². The van der Waals surface area contributed by atoms with Gasteiger partial charge in [-0.15, -0.1) is 5.10 Å². The Bertz CT molecular complexity index is 728. The summed E-state index contributed by atoms with van der Waals surface area (Å²) < 4.78 is 7.04. The van der Waals surface area contributed by atoms with Crippen LogP contribution in [0, 0.1) is 0 Å². The highest BCUT2D eigenvalue weighted by molar-refractivity contribution is 9.10. The van der Waals surface area contributed by atoms with Crippen LogP contribution in [-0.4, -0.2) is 16.8 Å². The lowest BCUT2D eigenvalue weighted by Crippen LogP contribution is -2.41. The normalized spacial score (nSPS) is 20.5. The van der Waals surface area contributed by atoms with Crippen LogP contribution in [0.5, 0.6) is 0 Å². The van der Waals surface area contributed by atoms with Crippen molar-refractivity contribution in [2.75, 3.05) is 0 Å². The van der Waals surface area contributed by atoms with E-state index in [1.807, 2.05) is 61.5 Å². The van der Waals surface area contributed by atoms with Crippen molar-refractivity contribution < 1.29 is 9.53 Å². The molecule has 112 valence electrons. The molecule has 5 heteroatoms. The zero-order valence-corrected chi connectivity index (χ0v) is 13.9. The number of nitrogens with zero attached hydrogens (tertiary/aromatic N) is 2. The van der Waals surface area contributed by atoms with Gasteiger partial charge in [-0.05, 0) is 24.3 Å². The van der Waals surface area contributed by atoms with Crippen LogP contribution in [-0.2, 0) is 15.3 Å². The van der Waals surface area contributed by atoms with Gasteiger partial charge in [0.25, 0.3) is 0 Å². The van der Waals surface area contributed by atoms with E-state index in [0.717, 1.165) is 15.6 Å². The zero-order chi connectivity index (χ0) is 15.7. The molecule has 1 heterocycles. The van der Waals surface area contributed by atoms with Crippen molar-refractivity contribution in [3.05, 3.63) is 70.2 Å². The van der Waals surface area contributed by atoms with Crippen LogP contribution < -0.4 is 0 Å². The molecule has 0 unspecified atom stereocenters. The molecule has 0 radical (unpaired) electrons. The minimum atomic E-state index is -0.947. The Labute approximate surface area is 137 Å². The van der Waals surface area contributed by atoms with E-state index in [9.17, 15) is 4.79 Å². The first kappa shape index (κ1) is 14.8. The summed E-state index contributed by atoms with van der Waals surface area (Å²) in [5.41, 5.74) is 0.757. The number of halogens is 1. The van der Waals surface area contributed by atoms with Crippen LogP contribution in [0.25, 0.3) is 0 Å². The SMILES string of the molecule is CC(=O)N1N=C(c2ccccc2)O[C@]1(C)c1ccc(Br)cc1. The molecule has 3 rings (SSSR count). The average Bonchev–Trinajstić information content (AvgIpc) is 2.88. The molecule has 0 N–H and O–H groups in total. The molecule has 0 bridgehead atoms. The van der Waals surface area contributed by atoms with Gasteiger partial charge in [0.2, 0.25) is 17.5 Å². The zero-order valence-electron chi connectivity index (χ0n) is 12.3. The maximum absolute atomic E-state index is 12.0. The van der Waals surface area contributed by atoms with Crippen LogP contribution in [0.2, 0.25) is 0 Å².